The molecule has 24 heavy (non-hydrogen) atoms. The van der Waals surface area contributed by atoms with E-state index in [4.69, 9.17) is 0 Å². The Kier molecular flexibility index (Phi) is 11.9. The molecule has 1 aromatic carbocycles. The van der Waals surface area contributed by atoms with Crippen LogP contribution in [0.3, 0.4) is 0 Å². The Hall–Kier alpha value is -0.800. The first-order valence-electron chi connectivity index (χ1n) is 9.69. The van der Waals surface area contributed by atoms with Gasteiger partial charge in [0.1, 0.15) is 0 Å². The van der Waals surface area contributed by atoms with E-state index in [-0.39, 0.29) is 5.78 Å². The third-order valence-electron chi connectivity index (χ3n) is 4.34. The van der Waals surface area contributed by atoms with Gasteiger partial charge in [0, 0.05) is 23.4 Å². The third kappa shape index (κ3) is 8.89. The molecular weight excluding hydrogens is 314 g/mol. The fraction of sp³-hybridized carbons (Fsp3) is 0.667. The van der Waals surface area contributed by atoms with Crippen LogP contribution in [-0.4, -0.2) is 36.1 Å². The number of thioether (sulfide) groups is 1. The molecule has 0 aromatic heterocycles. The van der Waals surface area contributed by atoms with Crippen LogP contribution in [0.5, 0.6) is 0 Å². The highest BCUT2D eigenvalue weighted by molar-refractivity contribution is 7.99. The van der Waals surface area contributed by atoms with E-state index in [1.54, 1.807) is 0 Å². The van der Waals surface area contributed by atoms with Crippen LogP contribution in [0.25, 0.3) is 0 Å². The predicted molar refractivity (Wildman–Crippen MR) is 107 cm³/mol. The summed E-state index contributed by atoms with van der Waals surface area (Å²) in [5.41, 5.74) is 0.856. The molecule has 0 saturated carbocycles. The van der Waals surface area contributed by atoms with Gasteiger partial charge in [-0.05, 0) is 43.8 Å². The third-order valence-corrected chi connectivity index (χ3v) is 5.43. The zero-order valence-electron chi connectivity index (χ0n) is 15.9. The number of carbonyl (C=O) groups excluding carboxylic acids is 1. The molecule has 0 saturated heterocycles. The van der Waals surface area contributed by atoms with E-state index in [1.165, 1.54) is 42.8 Å². The van der Waals surface area contributed by atoms with Crippen molar-refractivity contribution in [3.05, 3.63) is 29.8 Å². The molecule has 136 valence electrons. The van der Waals surface area contributed by atoms with Gasteiger partial charge in [-0.1, -0.05) is 58.6 Å². The monoisotopic (exact) mass is 349 g/mol. The molecule has 0 radical (unpaired) electrons. The second-order valence-electron chi connectivity index (χ2n) is 6.39. The zero-order valence-corrected chi connectivity index (χ0v) is 16.7. The Labute approximate surface area is 153 Å². The number of rotatable bonds is 14. The van der Waals surface area contributed by atoms with Crippen LogP contribution in [-0.2, 0) is 0 Å². The predicted octanol–water partition coefficient (Wildman–Crippen LogP) is 6.05. The van der Waals surface area contributed by atoms with Gasteiger partial charge in [0.2, 0.25) is 0 Å². The smallest absolute Gasteiger partial charge is 0.164 e. The van der Waals surface area contributed by atoms with Crippen molar-refractivity contribution in [3.8, 4) is 0 Å². The average molecular weight is 350 g/mol. The number of nitrogens with zero attached hydrogens (tertiary/aromatic N) is 1. The molecule has 0 amide bonds. The Morgan fingerprint density at radius 3 is 2.25 bits per heavy atom. The molecule has 0 fully saturated rings. The van der Waals surface area contributed by atoms with Gasteiger partial charge in [-0.25, -0.2) is 0 Å². The standard InChI is InChI=1S/C21H35NOS/c1-4-7-8-9-10-18-24-20-13-11-19(12-14-20)21(23)15-17-22(6-3)16-5-2/h11-14H,4-10,15-18H2,1-3H3. The molecule has 0 aliphatic heterocycles. The van der Waals surface area contributed by atoms with E-state index in [2.05, 4.69) is 37.8 Å². The van der Waals surface area contributed by atoms with Crippen LogP contribution >= 0.6 is 11.8 Å². The van der Waals surface area contributed by atoms with Crippen molar-refractivity contribution in [2.24, 2.45) is 0 Å². The molecular formula is C21H35NOS. The van der Waals surface area contributed by atoms with Crippen molar-refractivity contribution >= 4 is 17.5 Å². The average Bonchev–Trinajstić information content (AvgIpc) is 2.61. The SMILES string of the molecule is CCCCCCCSc1ccc(C(=O)CCN(CC)CCC)cc1. The molecule has 0 aliphatic rings. The van der Waals surface area contributed by atoms with Crippen molar-refractivity contribution in [2.45, 2.75) is 70.6 Å². The van der Waals surface area contributed by atoms with E-state index in [0.29, 0.717) is 6.42 Å². The summed E-state index contributed by atoms with van der Waals surface area (Å²) in [7, 11) is 0. The van der Waals surface area contributed by atoms with Gasteiger partial charge in [-0.2, -0.15) is 0 Å². The van der Waals surface area contributed by atoms with Gasteiger partial charge in [-0.15, -0.1) is 11.8 Å². The maximum Gasteiger partial charge on any atom is 0.164 e. The number of benzene rings is 1. The van der Waals surface area contributed by atoms with Gasteiger partial charge in [0.15, 0.2) is 5.78 Å². The van der Waals surface area contributed by atoms with Crippen LogP contribution in [0.2, 0.25) is 0 Å². The van der Waals surface area contributed by atoms with Gasteiger partial charge in [0.05, 0.1) is 0 Å². The van der Waals surface area contributed by atoms with Crippen molar-refractivity contribution in [1.29, 1.82) is 0 Å². The lowest BCUT2D eigenvalue weighted by Gasteiger charge is -2.18. The molecule has 0 bridgehead atoms. The Bertz CT molecular complexity index is 444. The van der Waals surface area contributed by atoms with Crippen LogP contribution in [0.15, 0.2) is 29.2 Å². The zero-order chi connectivity index (χ0) is 17.6. The van der Waals surface area contributed by atoms with Crippen LogP contribution in [0, 0.1) is 0 Å². The van der Waals surface area contributed by atoms with Crippen LogP contribution in [0.1, 0.15) is 76.1 Å². The summed E-state index contributed by atoms with van der Waals surface area (Å²) in [5, 5.41) is 0. The largest absolute Gasteiger partial charge is 0.303 e. The molecule has 1 rings (SSSR count). The number of carbonyl (C=O) groups is 1. The lowest BCUT2D eigenvalue weighted by atomic mass is 10.1. The Morgan fingerprint density at radius 1 is 0.917 bits per heavy atom. The van der Waals surface area contributed by atoms with Gasteiger partial charge < -0.3 is 4.90 Å². The number of hydrogen-bond acceptors (Lipinski definition) is 3. The van der Waals surface area contributed by atoms with Crippen molar-refractivity contribution in [2.75, 3.05) is 25.4 Å². The lowest BCUT2D eigenvalue weighted by molar-refractivity contribution is 0.0965. The van der Waals surface area contributed by atoms with Crippen LogP contribution < -0.4 is 0 Å². The quantitative estimate of drug-likeness (QED) is 0.231. The molecule has 0 unspecified atom stereocenters. The molecule has 0 aliphatic carbocycles. The number of ketones is 1. The minimum absolute atomic E-state index is 0.265. The molecule has 0 N–H and O–H groups in total. The first-order chi connectivity index (χ1) is 11.7. The highest BCUT2D eigenvalue weighted by Crippen LogP contribution is 2.21. The summed E-state index contributed by atoms with van der Waals surface area (Å²) < 4.78 is 0. The van der Waals surface area contributed by atoms with Crippen molar-refractivity contribution < 1.29 is 4.79 Å². The first kappa shape index (κ1) is 21.2. The number of unbranched alkanes of at least 4 members (excludes halogenated alkanes) is 4. The summed E-state index contributed by atoms with van der Waals surface area (Å²) in [6.45, 7) is 9.57. The summed E-state index contributed by atoms with van der Waals surface area (Å²) in [6.07, 6.45) is 8.41. The van der Waals surface area contributed by atoms with Gasteiger partial charge >= 0.3 is 0 Å². The Morgan fingerprint density at radius 2 is 1.62 bits per heavy atom. The normalized spacial score (nSPS) is 11.2. The first-order valence-corrected chi connectivity index (χ1v) is 10.7. The lowest BCUT2D eigenvalue weighted by Crippen LogP contribution is -2.26. The molecule has 0 atom stereocenters. The molecule has 3 heteroatoms. The van der Waals surface area contributed by atoms with Crippen molar-refractivity contribution in [1.82, 2.24) is 4.90 Å². The summed E-state index contributed by atoms with van der Waals surface area (Å²) in [6, 6.07) is 8.21. The summed E-state index contributed by atoms with van der Waals surface area (Å²) in [5.74, 6) is 1.44. The molecule has 1 aromatic rings. The summed E-state index contributed by atoms with van der Waals surface area (Å²) >= 11 is 1.91. The molecule has 0 spiro atoms. The minimum Gasteiger partial charge on any atom is -0.303 e. The van der Waals surface area contributed by atoms with E-state index in [9.17, 15) is 4.79 Å². The second kappa shape index (κ2) is 13.5. The second-order valence-corrected chi connectivity index (χ2v) is 7.56. The molecule has 2 nitrogen and oxygen atoms in total. The fourth-order valence-corrected chi connectivity index (χ4v) is 3.69. The topological polar surface area (TPSA) is 20.3 Å². The Balaban J connectivity index is 2.31. The van der Waals surface area contributed by atoms with E-state index >= 15 is 0 Å². The number of hydrogen-bond donors (Lipinski definition) is 0. The van der Waals surface area contributed by atoms with Crippen molar-refractivity contribution in [3.63, 3.8) is 0 Å². The fourth-order valence-electron chi connectivity index (χ4n) is 2.78. The maximum atomic E-state index is 12.3. The highest BCUT2D eigenvalue weighted by Gasteiger charge is 2.08. The van der Waals surface area contributed by atoms with Gasteiger partial charge in [0.25, 0.3) is 0 Å². The summed E-state index contributed by atoms with van der Waals surface area (Å²) in [4.78, 5) is 15.9. The highest BCUT2D eigenvalue weighted by atomic mass is 32.2. The molecule has 0 heterocycles. The van der Waals surface area contributed by atoms with Crippen LogP contribution in [0.4, 0.5) is 0 Å². The maximum absolute atomic E-state index is 12.3. The number of Topliss-reactive ketones (excluding diaryl/α,β-unsaturated/α-hetero) is 1. The van der Waals surface area contributed by atoms with Gasteiger partial charge in [-0.3, -0.25) is 4.79 Å². The van der Waals surface area contributed by atoms with E-state index in [1.807, 2.05) is 23.9 Å². The van der Waals surface area contributed by atoms with E-state index in [0.717, 1.165) is 31.6 Å². The van der Waals surface area contributed by atoms with E-state index < -0.39 is 0 Å². The minimum atomic E-state index is 0.265.